The van der Waals surface area contributed by atoms with Gasteiger partial charge in [0.2, 0.25) is 5.91 Å². The van der Waals surface area contributed by atoms with Crippen molar-refractivity contribution in [3.63, 3.8) is 0 Å². The van der Waals surface area contributed by atoms with E-state index >= 15 is 0 Å². The lowest BCUT2D eigenvalue weighted by atomic mass is 10.0. The van der Waals surface area contributed by atoms with Gasteiger partial charge >= 0.3 is 0 Å². The minimum absolute atomic E-state index is 0.0869. The third-order valence-electron chi connectivity index (χ3n) is 2.98. The highest BCUT2D eigenvalue weighted by molar-refractivity contribution is 5.78. The van der Waals surface area contributed by atoms with Gasteiger partial charge in [0, 0.05) is 19.2 Å². The van der Waals surface area contributed by atoms with E-state index in [2.05, 4.69) is 10.6 Å². The Balaban J connectivity index is 1.65. The van der Waals surface area contributed by atoms with E-state index in [9.17, 15) is 4.79 Å². The molecule has 14 heavy (non-hydrogen) atoms. The Kier molecular flexibility index (Phi) is 3.37. The molecule has 2 heterocycles. The largest absolute Gasteiger partial charge is 0.381 e. The Morgan fingerprint density at radius 1 is 1.50 bits per heavy atom. The molecule has 0 radical (unpaired) electrons. The molecule has 0 aliphatic carbocycles. The fourth-order valence-electron chi connectivity index (χ4n) is 1.84. The Morgan fingerprint density at radius 3 is 2.93 bits per heavy atom. The molecule has 1 amide bonds. The molecule has 0 aromatic rings. The zero-order chi connectivity index (χ0) is 9.80. The van der Waals surface area contributed by atoms with Gasteiger partial charge in [-0.2, -0.15) is 0 Å². The van der Waals surface area contributed by atoms with Crippen molar-refractivity contribution in [1.82, 2.24) is 10.6 Å². The number of rotatable bonds is 3. The van der Waals surface area contributed by atoms with Crippen molar-refractivity contribution in [3.05, 3.63) is 0 Å². The van der Waals surface area contributed by atoms with Crippen LogP contribution in [0.1, 0.15) is 19.3 Å². The van der Waals surface area contributed by atoms with Gasteiger partial charge < -0.3 is 15.4 Å². The van der Waals surface area contributed by atoms with Gasteiger partial charge in [-0.1, -0.05) is 0 Å². The number of carbonyl (C=O) groups is 1. The smallest absolute Gasteiger partial charge is 0.225 e. The Morgan fingerprint density at radius 2 is 2.36 bits per heavy atom. The second-order valence-corrected chi connectivity index (χ2v) is 4.10. The first-order valence-electron chi connectivity index (χ1n) is 5.45. The standard InChI is InChI=1S/C10H18N2O2/c13-10(8-2-1-5-14-7-8)12-6-9-3-4-11-9/h8-9,11H,1-7H2,(H,12,13). The average Bonchev–Trinajstić information content (AvgIpc) is 2.16. The van der Waals surface area contributed by atoms with Gasteiger partial charge in [-0.25, -0.2) is 0 Å². The van der Waals surface area contributed by atoms with Crippen molar-refractivity contribution >= 4 is 5.91 Å². The highest BCUT2D eigenvalue weighted by Crippen LogP contribution is 2.13. The minimum atomic E-state index is 0.0869. The lowest BCUT2D eigenvalue weighted by molar-refractivity contribution is -0.129. The fraction of sp³-hybridized carbons (Fsp3) is 0.900. The summed E-state index contributed by atoms with van der Waals surface area (Å²) in [6.45, 7) is 3.28. The van der Waals surface area contributed by atoms with Crippen LogP contribution >= 0.6 is 0 Å². The second-order valence-electron chi connectivity index (χ2n) is 4.10. The summed E-state index contributed by atoms with van der Waals surface area (Å²) in [6, 6.07) is 0.503. The number of ether oxygens (including phenoxy) is 1. The topological polar surface area (TPSA) is 50.4 Å². The summed E-state index contributed by atoms with van der Waals surface area (Å²) >= 11 is 0. The van der Waals surface area contributed by atoms with Gasteiger partial charge in [0.25, 0.3) is 0 Å². The molecule has 4 heteroatoms. The maximum Gasteiger partial charge on any atom is 0.225 e. The zero-order valence-electron chi connectivity index (χ0n) is 8.42. The third kappa shape index (κ3) is 2.45. The van der Waals surface area contributed by atoms with Crippen LogP contribution in [0.3, 0.4) is 0 Å². The zero-order valence-corrected chi connectivity index (χ0v) is 8.42. The molecule has 2 N–H and O–H groups in total. The maximum atomic E-state index is 11.6. The van der Waals surface area contributed by atoms with Crippen LogP contribution in [0.15, 0.2) is 0 Å². The van der Waals surface area contributed by atoms with Crippen LogP contribution in [0.25, 0.3) is 0 Å². The van der Waals surface area contributed by atoms with E-state index < -0.39 is 0 Å². The van der Waals surface area contributed by atoms with Gasteiger partial charge in [-0.05, 0) is 25.8 Å². The van der Waals surface area contributed by atoms with Gasteiger partial charge in [0.05, 0.1) is 12.5 Å². The molecule has 0 bridgehead atoms. The van der Waals surface area contributed by atoms with Crippen LogP contribution in [0.4, 0.5) is 0 Å². The highest BCUT2D eigenvalue weighted by atomic mass is 16.5. The molecule has 2 atom stereocenters. The summed E-state index contributed by atoms with van der Waals surface area (Å²) in [5, 5.41) is 6.23. The maximum absolute atomic E-state index is 11.6. The summed E-state index contributed by atoms with van der Waals surface area (Å²) in [5.74, 6) is 0.252. The molecule has 2 aliphatic rings. The number of hydrogen-bond donors (Lipinski definition) is 2. The molecule has 0 aromatic carbocycles. The van der Waals surface area contributed by atoms with Crippen molar-refractivity contribution in [2.45, 2.75) is 25.3 Å². The summed E-state index contributed by atoms with van der Waals surface area (Å²) in [6.07, 6.45) is 3.17. The SMILES string of the molecule is O=C(NCC1CCN1)C1CCCOC1. The van der Waals surface area contributed by atoms with E-state index in [1.165, 1.54) is 6.42 Å². The summed E-state index contributed by atoms with van der Waals surface area (Å²) < 4.78 is 5.27. The number of carbonyl (C=O) groups excluding carboxylic acids is 1. The van der Waals surface area contributed by atoms with Crippen molar-refractivity contribution in [1.29, 1.82) is 0 Å². The molecule has 80 valence electrons. The molecule has 4 nitrogen and oxygen atoms in total. The molecule has 2 aliphatic heterocycles. The molecular weight excluding hydrogens is 180 g/mol. The molecule has 0 aromatic heterocycles. The highest BCUT2D eigenvalue weighted by Gasteiger charge is 2.23. The summed E-state index contributed by atoms with van der Waals surface area (Å²) in [7, 11) is 0. The third-order valence-corrected chi connectivity index (χ3v) is 2.98. The van der Waals surface area contributed by atoms with E-state index in [0.717, 1.165) is 32.5 Å². The lowest BCUT2D eigenvalue weighted by Crippen LogP contribution is -2.51. The summed E-state index contributed by atoms with van der Waals surface area (Å²) in [5.41, 5.74) is 0. The van der Waals surface area contributed by atoms with Crippen LogP contribution in [-0.2, 0) is 9.53 Å². The average molecular weight is 198 g/mol. The van der Waals surface area contributed by atoms with E-state index in [0.29, 0.717) is 12.6 Å². The van der Waals surface area contributed by atoms with Gasteiger partial charge in [0.1, 0.15) is 0 Å². The first kappa shape index (κ1) is 9.93. The first-order chi connectivity index (χ1) is 6.86. The lowest BCUT2D eigenvalue weighted by Gasteiger charge is -2.29. The van der Waals surface area contributed by atoms with Crippen molar-refractivity contribution in [3.8, 4) is 0 Å². The number of amides is 1. The molecule has 0 saturated carbocycles. The van der Waals surface area contributed by atoms with Crippen molar-refractivity contribution in [2.24, 2.45) is 5.92 Å². The Bertz CT molecular complexity index is 198. The predicted octanol–water partition coefficient (Wildman–Crippen LogP) is -0.109. The van der Waals surface area contributed by atoms with Crippen LogP contribution in [-0.4, -0.2) is 38.3 Å². The Hall–Kier alpha value is -0.610. The molecule has 2 fully saturated rings. The molecular formula is C10H18N2O2. The van der Waals surface area contributed by atoms with E-state index in [1.54, 1.807) is 0 Å². The van der Waals surface area contributed by atoms with Gasteiger partial charge in [-0.3, -0.25) is 4.79 Å². The van der Waals surface area contributed by atoms with Crippen molar-refractivity contribution in [2.75, 3.05) is 26.3 Å². The monoisotopic (exact) mass is 198 g/mol. The quantitative estimate of drug-likeness (QED) is 0.665. The first-order valence-corrected chi connectivity index (χ1v) is 5.45. The summed E-state index contributed by atoms with van der Waals surface area (Å²) in [4.78, 5) is 11.6. The number of nitrogens with one attached hydrogen (secondary N) is 2. The van der Waals surface area contributed by atoms with Crippen molar-refractivity contribution < 1.29 is 9.53 Å². The van der Waals surface area contributed by atoms with Crippen LogP contribution in [0.2, 0.25) is 0 Å². The normalized spacial score (nSPS) is 32.0. The van der Waals surface area contributed by atoms with E-state index in [-0.39, 0.29) is 11.8 Å². The van der Waals surface area contributed by atoms with Crippen LogP contribution in [0.5, 0.6) is 0 Å². The fourth-order valence-corrected chi connectivity index (χ4v) is 1.84. The molecule has 0 spiro atoms. The van der Waals surface area contributed by atoms with Crippen LogP contribution < -0.4 is 10.6 Å². The number of hydrogen-bond acceptors (Lipinski definition) is 3. The van der Waals surface area contributed by atoms with Gasteiger partial charge in [0.15, 0.2) is 0 Å². The second kappa shape index (κ2) is 4.75. The predicted molar refractivity (Wildman–Crippen MR) is 53.0 cm³/mol. The van der Waals surface area contributed by atoms with Gasteiger partial charge in [-0.15, -0.1) is 0 Å². The molecule has 2 saturated heterocycles. The van der Waals surface area contributed by atoms with Crippen LogP contribution in [0, 0.1) is 5.92 Å². The molecule has 2 unspecified atom stereocenters. The minimum Gasteiger partial charge on any atom is -0.381 e. The van der Waals surface area contributed by atoms with E-state index in [4.69, 9.17) is 4.74 Å². The Labute approximate surface area is 84.4 Å². The van der Waals surface area contributed by atoms with E-state index in [1.807, 2.05) is 0 Å². The molecule has 2 rings (SSSR count).